The van der Waals surface area contributed by atoms with E-state index in [0.717, 1.165) is 10.7 Å². The van der Waals surface area contributed by atoms with Crippen molar-refractivity contribution in [2.75, 3.05) is 12.4 Å². The molecule has 130 valence electrons. The van der Waals surface area contributed by atoms with E-state index in [4.69, 9.17) is 4.74 Å². The number of aromatic nitrogens is 5. The Hall–Kier alpha value is -2.81. The van der Waals surface area contributed by atoms with Crippen LogP contribution in [0, 0.1) is 6.92 Å². The zero-order valence-electron chi connectivity index (χ0n) is 14.3. The molecular formula is C16H18N6O2S. The number of nitrogens with one attached hydrogen (secondary N) is 1. The van der Waals surface area contributed by atoms with Gasteiger partial charge in [-0.05, 0) is 19.1 Å². The van der Waals surface area contributed by atoms with Gasteiger partial charge in [-0.25, -0.2) is 4.68 Å². The minimum atomic E-state index is -0.363. The lowest BCUT2D eigenvalue weighted by atomic mass is 10.2. The Bertz CT molecular complexity index is 902. The second-order valence-corrected chi connectivity index (χ2v) is 6.70. The fourth-order valence-corrected chi connectivity index (χ4v) is 2.94. The van der Waals surface area contributed by atoms with Crippen LogP contribution in [0.4, 0.5) is 5.13 Å². The number of benzene rings is 1. The van der Waals surface area contributed by atoms with Crippen molar-refractivity contribution in [2.24, 2.45) is 0 Å². The number of hydrogen-bond acceptors (Lipinski definition) is 7. The van der Waals surface area contributed by atoms with Gasteiger partial charge in [0, 0.05) is 12.0 Å². The van der Waals surface area contributed by atoms with Crippen LogP contribution >= 0.6 is 11.3 Å². The number of amides is 1. The van der Waals surface area contributed by atoms with Crippen LogP contribution in [0.3, 0.4) is 0 Å². The van der Waals surface area contributed by atoms with Crippen LogP contribution in [0.2, 0.25) is 0 Å². The van der Waals surface area contributed by atoms with Crippen LogP contribution in [-0.4, -0.2) is 38.2 Å². The molecule has 0 radical (unpaired) electrons. The molecule has 3 rings (SSSR count). The Morgan fingerprint density at radius 1 is 1.28 bits per heavy atom. The molecular weight excluding hydrogens is 340 g/mol. The first-order chi connectivity index (χ1) is 12.0. The van der Waals surface area contributed by atoms with Crippen LogP contribution in [0.15, 0.2) is 24.3 Å². The van der Waals surface area contributed by atoms with E-state index in [9.17, 15) is 4.79 Å². The number of ether oxygens (including phenoxy) is 1. The van der Waals surface area contributed by atoms with Gasteiger partial charge in [0.2, 0.25) is 5.13 Å². The highest BCUT2D eigenvalue weighted by molar-refractivity contribution is 7.15. The second kappa shape index (κ2) is 6.98. The molecule has 0 aliphatic rings. The van der Waals surface area contributed by atoms with Gasteiger partial charge in [0.15, 0.2) is 5.69 Å². The molecule has 0 fully saturated rings. The maximum absolute atomic E-state index is 12.5. The van der Waals surface area contributed by atoms with Gasteiger partial charge >= 0.3 is 0 Å². The van der Waals surface area contributed by atoms with Gasteiger partial charge < -0.3 is 4.74 Å². The van der Waals surface area contributed by atoms with Crippen molar-refractivity contribution in [2.45, 2.75) is 26.7 Å². The summed E-state index contributed by atoms with van der Waals surface area (Å²) in [6.07, 6.45) is 0. The molecule has 9 heteroatoms. The topological polar surface area (TPSA) is 94.8 Å². The van der Waals surface area contributed by atoms with Crippen molar-refractivity contribution in [3.63, 3.8) is 0 Å². The molecule has 0 bridgehead atoms. The van der Waals surface area contributed by atoms with E-state index in [2.05, 4.69) is 25.8 Å². The number of carbonyl (C=O) groups excluding carboxylic acids is 1. The van der Waals surface area contributed by atoms with Crippen molar-refractivity contribution >= 4 is 22.4 Å². The van der Waals surface area contributed by atoms with Crippen LogP contribution in [0.25, 0.3) is 5.69 Å². The summed E-state index contributed by atoms with van der Waals surface area (Å²) in [5, 5.41) is 20.2. The summed E-state index contributed by atoms with van der Waals surface area (Å²) in [4.78, 5) is 12.5. The predicted molar refractivity (Wildman–Crippen MR) is 94.6 cm³/mol. The minimum Gasteiger partial charge on any atom is -0.497 e. The SMILES string of the molecule is COc1cccc(-n2nnc(C(=O)Nc3nnc(C(C)C)s3)c2C)c1. The van der Waals surface area contributed by atoms with Crippen molar-refractivity contribution in [1.82, 2.24) is 25.2 Å². The number of anilines is 1. The molecule has 0 unspecified atom stereocenters. The van der Waals surface area contributed by atoms with Gasteiger partial charge in [0.05, 0.1) is 18.5 Å². The highest BCUT2D eigenvalue weighted by atomic mass is 32.1. The van der Waals surface area contributed by atoms with Crippen LogP contribution in [0.1, 0.15) is 41.0 Å². The van der Waals surface area contributed by atoms with Crippen molar-refractivity contribution in [1.29, 1.82) is 0 Å². The summed E-state index contributed by atoms with van der Waals surface area (Å²) in [6.45, 7) is 5.83. The van der Waals surface area contributed by atoms with Crippen LogP contribution < -0.4 is 10.1 Å². The van der Waals surface area contributed by atoms with Crippen LogP contribution in [-0.2, 0) is 0 Å². The highest BCUT2D eigenvalue weighted by Gasteiger charge is 2.19. The lowest BCUT2D eigenvalue weighted by Gasteiger charge is -2.06. The Morgan fingerprint density at radius 2 is 2.08 bits per heavy atom. The van der Waals surface area contributed by atoms with Gasteiger partial charge in [-0.2, -0.15) is 0 Å². The van der Waals surface area contributed by atoms with Crippen LogP contribution in [0.5, 0.6) is 5.75 Å². The largest absolute Gasteiger partial charge is 0.497 e. The van der Waals surface area contributed by atoms with Gasteiger partial charge in [0.1, 0.15) is 10.8 Å². The standard InChI is InChI=1S/C16H18N6O2S/c1-9(2)15-19-20-16(25-15)17-14(23)13-10(3)22(21-18-13)11-6-5-7-12(8-11)24-4/h5-9H,1-4H3,(H,17,20,23). The van der Waals surface area contributed by atoms with Gasteiger partial charge in [0.25, 0.3) is 5.91 Å². The predicted octanol–water partition coefficient (Wildman–Crippen LogP) is 2.81. The smallest absolute Gasteiger partial charge is 0.279 e. The molecule has 0 aliphatic heterocycles. The van der Waals surface area contributed by atoms with E-state index in [1.807, 2.05) is 38.1 Å². The van der Waals surface area contributed by atoms with Gasteiger partial charge in [-0.3, -0.25) is 10.1 Å². The molecule has 3 aromatic rings. The van der Waals surface area contributed by atoms with E-state index >= 15 is 0 Å². The molecule has 1 aromatic carbocycles. The first-order valence-electron chi connectivity index (χ1n) is 7.71. The molecule has 0 saturated carbocycles. The fraction of sp³-hybridized carbons (Fsp3) is 0.312. The molecule has 1 amide bonds. The highest BCUT2D eigenvalue weighted by Crippen LogP contribution is 2.23. The number of hydrogen-bond donors (Lipinski definition) is 1. The number of nitrogens with zero attached hydrogens (tertiary/aromatic N) is 5. The monoisotopic (exact) mass is 358 g/mol. The van der Waals surface area contributed by atoms with Crippen molar-refractivity contribution in [3.8, 4) is 11.4 Å². The Balaban J connectivity index is 1.83. The van der Waals surface area contributed by atoms with E-state index in [1.54, 1.807) is 18.7 Å². The summed E-state index contributed by atoms with van der Waals surface area (Å²) in [7, 11) is 1.60. The lowest BCUT2D eigenvalue weighted by molar-refractivity contribution is 0.102. The zero-order valence-corrected chi connectivity index (χ0v) is 15.2. The Morgan fingerprint density at radius 3 is 2.76 bits per heavy atom. The first kappa shape index (κ1) is 17.0. The molecule has 8 nitrogen and oxygen atoms in total. The van der Waals surface area contributed by atoms with Crippen molar-refractivity contribution < 1.29 is 9.53 Å². The average Bonchev–Trinajstić information content (AvgIpc) is 3.21. The molecule has 25 heavy (non-hydrogen) atoms. The third-order valence-corrected chi connectivity index (χ3v) is 4.70. The first-order valence-corrected chi connectivity index (χ1v) is 8.52. The fourth-order valence-electron chi connectivity index (χ4n) is 2.20. The quantitative estimate of drug-likeness (QED) is 0.753. The van der Waals surface area contributed by atoms with E-state index in [-0.39, 0.29) is 17.5 Å². The molecule has 0 spiro atoms. The minimum absolute atomic E-state index is 0.240. The molecule has 2 aromatic heterocycles. The molecule has 0 aliphatic carbocycles. The van der Waals surface area contributed by atoms with E-state index in [1.165, 1.54) is 11.3 Å². The second-order valence-electron chi connectivity index (χ2n) is 5.69. The van der Waals surface area contributed by atoms with E-state index < -0.39 is 0 Å². The normalized spacial score (nSPS) is 10.9. The van der Waals surface area contributed by atoms with Crippen molar-refractivity contribution in [3.05, 3.63) is 40.7 Å². The van der Waals surface area contributed by atoms with Gasteiger partial charge in [-0.15, -0.1) is 15.3 Å². The molecule has 0 saturated heterocycles. The molecule has 0 atom stereocenters. The molecule has 2 heterocycles. The summed E-state index contributed by atoms with van der Waals surface area (Å²) in [5.74, 6) is 0.602. The Kier molecular flexibility index (Phi) is 4.75. The third-order valence-electron chi connectivity index (χ3n) is 3.56. The summed E-state index contributed by atoms with van der Waals surface area (Å²) in [5.41, 5.74) is 1.63. The maximum Gasteiger partial charge on any atom is 0.279 e. The average molecular weight is 358 g/mol. The maximum atomic E-state index is 12.5. The molecule has 1 N–H and O–H groups in total. The summed E-state index contributed by atoms with van der Waals surface area (Å²) >= 11 is 1.35. The third kappa shape index (κ3) is 3.50. The number of methoxy groups -OCH3 is 1. The summed E-state index contributed by atoms with van der Waals surface area (Å²) in [6, 6.07) is 7.38. The number of rotatable bonds is 5. The van der Waals surface area contributed by atoms with Gasteiger partial charge in [-0.1, -0.05) is 36.5 Å². The van der Waals surface area contributed by atoms with E-state index in [0.29, 0.717) is 16.6 Å². The summed E-state index contributed by atoms with van der Waals surface area (Å²) < 4.78 is 6.81. The zero-order chi connectivity index (χ0) is 18.0. The lowest BCUT2D eigenvalue weighted by Crippen LogP contribution is -2.14. The number of carbonyl (C=O) groups is 1. The Labute approximate surface area is 148 Å².